The zero-order valence-electron chi connectivity index (χ0n) is 11.7. The molecule has 0 amide bonds. The highest BCUT2D eigenvalue weighted by Crippen LogP contribution is 2.41. The summed E-state index contributed by atoms with van der Waals surface area (Å²) in [6.07, 6.45) is 2.27. The molecule has 0 unspecified atom stereocenters. The van der Waals surface area contributed by atoms with E-state index >= 15 is 0 Å². The second kappa shape index (κ2) is 5.40. The Kier molecular flexibility index (Phi) is 3.58. The first-order valence-corrected chi connectivity index (χ1v) is 7.07. The number of hydrogen-bond donors (Lipinski definition) is 0. The lowest BCUT2D eigenvalue weighted by Gasteiger charge is -2.10. The molecule has 0 N–H and O–H groups in total. The van der Waals surface area contributed by atoms with Gasteiger partial charge in [0.2, 0.25) is 0 Å². The summed E-state index contributed by atoms with van der Waals surface area (Å²) < 4.78 is 40.7. The zero-order chi connectivity index (χ0) is 15.0. The van der Waals surface area contributed by atoms with Crippen LogP contribution in [-0.4, -0.2) is 0 Å². The maximum absolute atomic E-state index is 14.1. The quantitative estimate of drug-likeness (QED) is 0.666. The van der Waals surface area contributed by atoms with Crippen molar-refractivity contribution in [1.29, 1.82) is 0 Å². The van der Waals surface area contributed by atoms with Crippen molar-refractivity contribution in [3.63, 3.8) is 0 Å². The number of halogens is 3. The van der Waals surface area contributed by atoms with Crippen molar-refractivity contribution in [1.82, 2.24) is 0 Å². The van der Waals surface area contributed by atoms with Gasteiger partial charge in [0, 0.05) is 5.56 Å². The summed E-state index contributed by atoms with van der Waals surface area (Å²) in [5.74, 6) is -3.64. The molecule has 3 heteroatoms. The Morgan fingerprint density at radius 1 is 0.905 bits per heavy atom. The largest absolute Gasteiger partial charge is 0.204 e. The Bertz CT molecular complexity index is 729. The van der Waals surface area contributed by atoms with Crippen LogP contribution >= 0.6 is 0 Å². The van der Waals surface area contributed by atoms with E-state index in [2.05, 4.69) is 0 Å². The van der Waals surface area contributed by atoms with E-state index in [9.17, 15) is 13.2 Å². The summed E-state index contributed by atoms with van der Waals surface area (Å²) in [7, 11) is 0. The van der Waals surface area contributed by atoms with E-state index in [0.29, 0.717) is 6.42 Å². The molecule has 0 spiro atoms. The predicted molar refractivity (Wildman–Crippen MR) is 78.2 cm³/mol. The van der Waals surface area contributed by atoms with Crippen molar-refractivity contribution in [2.45, 2.75) is 26.2 Å². The molecule has 3 rings (SSSR count). The van der Waals surface area contributed by atoms with Gasteiger partial charge in [-0.3, -0.25) is 0 Å². The van der Waals surface area contributed by atoms with Gasteiger partial charge < -0.3 is 0 Å². The molecule has 0 fully saturated rings. The molecule has 0 saturated carbocycles. The number of fused-ring (bicyclic) bond motifs is 1. The highest BCUT2D eigenvalue weighted by molar-refractivity contribution is 5.97. The first-order chi connectivity index (χ1) is 10.1. The maximum Gasteiger partial charge on any atom is 0.195 e. The van der Waals surface area contributed by atoms with Gasteiger partial charge in [-0.2, -0.15) is 0 Å². The van der Waals surface area contributed by atoms with Crippen LogP contribution < -0.4 is 0 Å². The first kappa shape index (κ1) is 13.9. The minimum Gasteiger partial charge on any atom is -0.204 e. The van der Waals surface area contributed by atoms with Crippen molar-refractivity contribution in [3.05, 3.63) is 70.5 Å². The van der Waals surface area contributed by atoms with E-state index in [0.717, 1.165) is 41.2 Å². The highest BCUT2D eigenvalue weighted by atomic mass is 19.2. The van der Waals surface area contributed by atoms with Crippen LogP contribution in [0.3, 0.4) is 0 Å². The average molecular weight is 288 g/mol. The smallest absolute Gasteiger partial charge is 0.195 e. The third-order valence-electron chi connectivity index (χ3n) is 3.93. The molecule has 21 heavy (non-hydrogen) atoms. The van der Waals surface area contributed by atoms with Crippen LogP contribution in [0.2, 0.25) is 0 Å². The number of rotatable bonds is 3. The molecule has 0 aliphatic heterocycles. The topological polar surface area (TPSA) is 0 Å². The van der Waals surface area contributed by atoms with Crippen molar-refractivity contribution >= 4 is 11.1 Å². The molecule has 0 heterocycles. The van der Waals surface area contributed by atoms with Crippen LogP contribution in [0.1, 0.15) is 36.5 Å². The molecule has 2 aromatic carbocycles. The van der Waals surface area contributed by atoms with E-state index in [1.54, 1.807) is 0 Å². The van der Waals surface area contributed by atoms with Gasteiger partial charge in [0.15, 0.2) is 17.5 Å². The van der Waals surface area contributed by atoms with Crippen LogP contribution in [0.4, 0.5) is 13.2 Å². The molecule has 0 radical (unpaired) electrons. The van der Waals surface area contributed by atoms with Gasteiger partial charge in [-0.1, -0.05) is 37.6 Å². The summed E-state index contributed by atoms with van der Waals surface area (Å²) >= 11 is 0. The predicted octanol–water partition coefficient (Wildman–Crippen LogP) is 5.37. The molecule has 0 aromatic heterocycles. The minimum absolute atomic E-state index is 0.175. The summed E-state index contributed by atoms with van der Waals surface area (Å²) in [4.78, 5) is 0. The highest BCUT2D eigenvalue weighted by Gasteiger charge is 2.25. The monoisotopic (exact) mass is 288 g/mol. The SMILES string of the molecule is CCCC1=C(c2ccc(F)c(F)c2F)Cc2ccccc21. The summed E-state index contributed by atoms with van der Waals surface area (Å²) in [5, 5.41) is 0. The second-order valence-corrected chi connectivity index (χ2v) is 5.26. The van der Waals surface area contributed by atoms with Crippen molar-refractivity contribution in [2.75, 3.05) is 0 Å². The van der Waals surface area contributed by atoms with Crippen molar-refractivity contribution < 1.29 is 13.2 Å². The van der Waals surface area contributed by atoms with Gasteiger partial charge in [-0.25, -0.2) is 13.2 Å². The van der Waals surface area contributed by atoms with E-state index in [-0.39, 0.29) is 5.56 Å². The van der Waals surface area contributed by atoms with Crippen LogP contribution in [0.15, 0.2) is 36.4 Å². The van der Waals surface area contributed by atoms with Gasteiger partial charge in [-0.05, 0) is 47.2 Å². The van der Waals surface area contributed by atoms with Gasteiger partial charge in [-0.15, -0.1) is 0 Å². The molecular formula is C18H15F3. The van der Waals surface area contributed by atoms with Crippen molar-refractivity contribution in [2.24, 2.45) is 0 Å². The molecule has 1 aliphatic rings. The van der Waals surface area contributed by atoms with E-state index in [1.807, 2.05) is 31.2 Å². The fourth-order valence-corrected chi connectivity index (χ4v) is 2.98. The van der Waals surface area contributed by atoms with Crippen LogP contribution in [0, 0.1) is 17.5 Å². The standard InChI is InChI=1S/C18H15F3/c1-2-5-13-12-7-4-3-6-11(12)10-15(13)14-8-9-16(19)18(21)17(14)20/h3-4,6-9H,2,5,10H2,1H3. The number of hydrogen-bond acceptors (Lipinski definition) is 0. The van der Waals surface area contributed by atoms with Gasteiger partial charge >= 0.3 is 0 Å². The average Bonchev–Trinajstić information content (AvgIpc) is 2.84. The van der Waals surface area contributed by atoms with E-state index in [1.165, 1.54) is 6.07 Å². The van der Waals surface area contributed by atoms with Gasteiger partial charge in [0.05, 0.1) is 0 Å². The Hall–Kier alpha value is -2.03. The Balaban J connectivity index is 2.17. The third kappa shape index (κ3) is 2.27. The fourth-order valence-electron chi connectivity index (χ4n) is 2.98. The lowest BCUT2D eigenvalue weighted by molar-refractivity contribution is 0.445. The zero-order valence-corrected chi connectivity index (χ0v) is 11.7. The molecule has 2 aromatic rings. The molecule has 0 nitrogen and oxygen atoms in total. The van der Waals surface area contributed by atoms with E-state index < -0.39 is 17.5 Å². The molecule has 0 atom stereocenters. The maximum atomic E-state index is 14.1. The van der Waals surface area contributed by atoms with Crippen LogP contribution in [-0.2, 0) is 6.42 Å². The van der Waals surface area contributed by atoms with Crippen LogP contribution in [0.25, 0.3) is 11.1 Å². The number of allylic oxidation sites excluding steroid dienone is 2. The first-order valence-electron chi connectivity index (χ1n) is 7.07. The lowest BCUT2D eigenvalue weighted by atomic mass is 9.96. The Morgan fingerprint density at radius 3 is 2.43 bits per heavy atom. The normalized spacial score (nSPS) is 13.7. The summed E-state index contributed by atoms with van der Waals surface area (Å²) in [5.41, 5.74) is 4.19. The summed E-state index contributed by atoms with van der Waals surface area (Å²) in [6.45, 7) is 2.05. The molecule has 0 saturated heterocycles. The van der Waals surface area contributed by atoms with E-state index in [4.69, 9.17) is 0 Å². The Morgan fingerprint density at radius 2 is 1.67 bits per heavy atom. The van der Waals surface area contributed by atoms with Crippen LogP contribution in [0.5, 0.6) is 0 Å². The number of benzene rings is 2. The molecule has 1 aliphatic carbocycles. The fraction of sp³-hybridized carbons (Fsp3) is 0.222. The second-order valence-electron chi connectivity index (χ2n) is 5.26. The summed E-state index contributed by atoms with van der Waals surface area (Å²) in [6, 6.07) is 10.2. The lowest BCUT2D eigenvalue weighted by Crippen LogP contribution is -1.98. The minimum atomic E-state index is -1.40. The molecule has 108 valence electrons. The molecule has 0 bridgehead atoms. The molecular weight excluding hydrogens is 273 g/mol. The van der Waals surface area contributed by atoms with Gasteiger partial charge in [0.1, 0.15) is 0 Å². The van der Waals surface area contributed by atoms with Gasteiger partial charge in [0.25, 0.3) is 0 Å². The Labute approximate surface area is 121 Å². The van der Waals surface area contributed by atoms with Crippen molar-refractivity contribution in [3.8, 4) is 0 Å². The third-order valence-corrected chi connectivity index (χ3v) is 3.93.